The molecule has 2 heterocycles. The summed E-state index contributed by atoms with van der Waals surface area (Å²) in [5.41, 5.74) is 0.0709. The average Bonchev–Trinajstić information content (AvgIpc) is 3.11. The molecular weight excluding hydrogens is 557 g/mol. The molecule has 2 N–H and O–H groups in total. The van der Waals surface area contributed by atoms with E-state index < -0.39 is 35.3 Å². The molecule has 11 heteroatoms. The molecule has 1 aliphatic rings. The van der Waals surface area contributed by atoms with E-state index in [1.807, 2.05) is 0 Å². The number of amides is 1. The van der Waals surface area contributed by atoms with E-state index in [9.17, 15) is 26.7 Å². The standard InChI is InChI=1S/C24H12BrClF5N3O/c25-10-5-16-20(21(34-23(16)35)15-7-11(27)1-2-18(15)26)19(6-10)33-22-14-8-12(28)9-17(24(29,30)31)13(14)3-4-32-22/h1-9,21H,(H,32,33)(H,34,35)/t21-/m0/s1. The summed E-state index contributed by atoms with van der Waals surface area (Å²) in [6, 6.07) is 8.53. The van der Waals surface area contributed by atoms with Crippen LogP contribution in [0.4, 0.5) is 33.5 Å². The summed E-state index contributed by atoms with van der Waals surface area (Å²) in [6.07, 6.45) is -3.62. The highest BCUT2D eigenvalue weighted by Gasteiger charge is 2.36. The van der Waals surface area contributed by atoms with Gasteiger partial charge in [-0.15, -0.1) is 0 Å². The number of carbonyl (C=O) groups is 1. The predicted octanol–water partition coefficient (Wildman–Crippen LogP) is 7.52. The Morgan fingerprint density at radius 2 is 1.77 bits per heavy atom. The van der Waals surface area contributed by atoms with E-state index in [4.69, 9.17) is 11.6 Å². The molecule has 1 amide bonds. The van der Waals surface area contributed by atoms with Crippen LogP contribution >= 0.6 is 27.5 Å². The number of hydrogen-bond acceptors (Lipinski definition) is 3. The van der Waals surface area contributed by atoms with Crippen molar-refractivity contribution in [2.75, 3.05) is 5.32 Å². The molecule has 4 nitrogen and oxygen atoms in total. The van der Waals surface area contributed by atoms with Gasteiger partial charge in [-0.25, -0.2) is 13.8 Å². The van der Waals surface area contributed by atoms with Gasteiger partial charge in [-0.3, -0.25) is 4.79 Å². The Labute approximate surface area is 208 Å². The SMILES string of the molecule is O=C1N[C@@H](c2cc(F)ccc2Cl)c2c(Nc3nccc4c(C(F)(F)F)cc(F)cc34)cc(Br)cc21. The molecule has 0 spiro atoms. The maximum atomic E-state index is 14.2. The topological polar surface area (TPSA) is 54.0 Å². The normalized spacial score (nSPS) is 15.3. The predicted molar refractivity (Wildman–Crippen MR) is 125 cm³/mol. The molecule has 35 heavy (non-hydrogen) atoms. The fourth-order valence-electron chi connectivity index (χ4n) is 4.18. The van der Waals surface area contributed by atoms with Crippen molar-refractivity contribution in [3.63, 3.8) is 0 Å². The molecule has 0 saturated carbocycles. The second kappa shape index (κ2) is 8.46. The Morgan fingerprint density at radius 3 is 2.51 bits per heavy atom. The van der Waals surface area contributed by atoms with Gasteiger partial charge in [0.15, 0.2) is 0 Å². The first kappa shape index (κ1) is 23.5. The van der Waals surface area contributed by atoms with Crippen LogP contribution in [-0.2, 0) is 6.18 Å². The number of carbonyl (C=O) groups excluding carboxylic acids is 1. The monoisotopic (exact) mass is 567 g/mol. The summed E-state index contributed by atoms with van der Waals surface area (Å²) in [7, 11) is 0. The van der Waals surface area contributed by atoms with E-state index in [1.54, 1.807) is 12.1 Å². The van der Waals surface area contributed by atoms with Crippen molar-refractivity contribution in [1.82, 2.24) is 10.3 Å². The second-order valence-corrected chi connectivity index (χ2v) is 9.14. The van der Waals surface area contributed by atoms with E-state index in [-0.39, 0.29) is 32.9 Å². The van der Waals surface area contributed by atoms with Crippen LogP contribution in [0.1, 0.15) is 33.1 Å². The van der Waals surface area contributed by atoms with Crippen LogP contribution < -0.4 is 10.6 Å². The van der Waals surface area contributed by atoms with Gasteiger partial charge in [0, 0.05) is 43.5 Å². The summed E-state index contributed by atoms with van der Waals surface area (Å²) >= 11 is 9.60. The molecule has 1 atom stereocenters. The van der Waals surface area contributed by atoms with Crippen LogP contribution in [0.15, 0.2) is 59.2 Å². The number of benzene rings is 3. The molecule has 0 aliphatic carbocycles. The van der Waals surface area contributed by atoms with Gasteiger partial charge in [-0.05, 0) is 53.9 Å². The first-order valence-electron chi connectivity index (χ1n) is 10.0. The largest absolute Gasteiger partial charge is 0.417 e. The molecule has 178 valence electrons. The number of hydrogen-bond donors (Lipinski definition) is 2. The zero-order valence-corrected chi connectivity index (χ0v) is 19.6. The zero-order valence-electron chi connectivity index (χ0n) is 17.3. The fourth-order valence-corrected chi connectivity index (χ4v) is 4.87. The highest BCUT2D eigenvalue weighted by molar-refractivity contribution is 9.10. The number of pyridine rings is 1. The lowest BCUT2D eigenvalue weighted by Gasteiger charge is -2.19. The first-order chi connectivity index (χ1) is 16.5. The second-order valence-electron chi connectivity index (χ2n) is 7.82. The smallest absolute Gasteiger partial charge is 0.341 e. The third-order valence-electron chi connectivity index (χ3n) is 5.63. The van der Waals surface area contributed by atoms with Crippen LogP contribution in [0.3, 0.4) is 0 Å². The molecule has 0 bridgehead atoms. The van der Waals surface area contributed by atoms with Gasteiger partial charge in [0.05, 0.1) is 11.6 Å². The number of aromatic nitrogens is 1. The van der Waals surface area contributed by atoms with Gasteiger partial charge < -0.3 is 10.6 Å². The van der Waals surface area contributed by atoms with Crippen molar-refractivity contribution in [3.8, 4) is 0 Å². The molecule has 0 radical (unpaired) electrons. The van der Waals surface area contributed by atoms with Crippen molar-refractivity contribution >= 4 is 55.7 Å². The molecule has 4 aromatic rings. The summed E-state index contributed by atoms with van der Waals surface area (Å²) in [4.78, 5) is 16.8. The van der Waals surface area contributed by atoms with Gasteiger partial charge in [-0.1, -0.05) is 27.5 Å². The zero-order chi connectivity index (χ0) is 25.1. The minimum Gasteiger partial charge on any atom is -0.341 e. The van der Waals surface area contributed by atoms with Gasteiger partial charge in [0.1, 0.15) is 17.5 Å². The van der Waals surface area contributed by atoms with Crippen LogP contribution in [0.25, 0.3) is 10.8 Å². The Morgan fingerprint density at radius 1 is 1.00 bits per heavy atom. The van der Waals surface area contributed by atoms with Crippen LogP contribution in [-0.4, -0.2) is 10.9 Å². The molecule has 3 aromatic carbocycles. The Hall–Kier alpha value is -3.24. The minimum absolute atomic E-state index is 0.0590. The number of alkyl halides is 3. The van der Waals surface area contributed by atoms with Gasteiger partial charge in [0.25, 0.3) is 5.91 Å². The van der Waals surface area contributed by atoms with Crippen LogP contribution in [0.2, 0.25) is 5.02 Å². The van der Waals surface area contributed by atoms with Gasteiger partial charge in [0.2, 0.25) is 0 Å². The van der Waals surface area contributed by atoms with Crippen molar-refractivity contribution in [3.05, 3.63) is 98.1 Å². The Balaban J connectivity index is 1.70. The lowest BCUT2D eigenvalue weighted by molar-refractivity contribution is -0.136. The highest BCUT2D eigenvalue weighted by atomic mass is 79.9. The summed E-state index contributed by atoms with van der Waals surface area (Å²) in [6.45, 7) is 0. The molecule has 1 aliphatic heterocycles. The summed E-state index contributed by atoms with van der Waals surface area (Å²) in [5, 5.41) is 5.55. The first-order valence-corrected chi connectivity index (χ1v) is 11.2. The van der Waals surface area contributed by atoms with E-state index in [0.29, 0.717) is 21.7 Å². The van der Waals surface area contributed by atoms with E-state index >= 15 is 0 Å². The maximum absolute atomic E-state index is 14.2. The van der Waals surface area contributed by atoms with Gasteiger partial charge >= 0.3 is 6.18 Å². The lowest BCUT2D eigenvalue weighted by Crippen LogP contribution is -2.20. The van der Waals surface area contributed by atoms with E-state index in [0.717, 1.165) is 12.1 Å². The quantitative estimate of drug-likeness (QED) is 0.251. The third-order valence-corrected chi connectivity index (χ3v) is 6.43. The number of nitrogens with zero attached hydrogens (tertiary/aromatic N) is 1. The number of nitrogens with one attached hydrogen (secondary N) is 2. The molecule has 0 saturated heterocycles. The summed E-state index contributed by atoms with van der Waals surface area (Å²) < 4.78 is 69.3. The van der Waals surface area contributed by atoms with E-state index in [2.05, 4.69) is 31.5 Å². The Bertz CT molecular complexity index is 1530. The molecule has 5 rings (SSSR count). The van der Waals surface area contributed by atoms with Crippen LogP contribution in [0, 0.1) is 11.6 Å². The van der Waals surface area contributed by atoms with Crippen molar-refractivity contribution in [1.29, 1.82) is 0 Å². The number of fused-ring (bicyclic) bond motifs is 2. The fraction of sp³-hybridized carbons (Fsp3) is 0.0833. The highest BCUT2D eigenvalue weighted by Crippen LogP contribution is 2.43. The maximum Gasteiger partial charge on any atom is 0.417 e. The summed E-state index contributed by atoms with van der Waals surface area (Å²) in [5.74, 6) is -2.16. The molecular formula is C24H12BrClF5N3O. The molecule has 0 fully saturated rings. The van der Waals surface area contributed by atoms with Crippen molar-refractivity contribution in [2.45, 2.75) is 12.2 Å². The van der Waals surface area contributed by atoms with Crippen LogP contribution in [0.5, 0.6) is 0 Å². The Kier molecular flexibility index (Phi) is 5.68. The van der Waals surface area contributed by atoms with Crippen molar-refractivity contribution < 1.29 is 26.7 Å². The molecule has 0 unspecified atom stereocenters. The lowest BCUT2D eigenvalue weighted by atomic mass is 9.96. The number of rotatable bonds is 3. The number of anilines is 2. The van der Waals surface area contributed by atoms with Gasteiger partial charge in [-0.2, -0.15) is 13.2 Å². The van der Waals surface area contributed by atoms with E-state index in [1.165, 1.54) is 24.4 Å². The average molecular weight is 569 g/mol. The number of halogens is 7. The van der Waals surface area contributed by atoms with Crippen molar-refractivity contribution in [2.24, 2.45) is 0 Å². The minimum atomic E-state index is -4.79. The molecule has 1 aromatic heterocycles. The third kappa shape index (κ3) is 4.21.